The van der Waals surface area contributed by atoms with Crippen molar-refractivity contribution in [3.8, 4) is 11.5 Å². The smallest absolute Gasteiger partial charge is 0.283 e. The Morgan fingerprint density at radius 1 is 1.06 bits per heavy atom. The minimum absolute atomic E-state index is 0.0173. The molecule has 0 bridgehead atoms. The van der Waals surface area contributed by atoms with E-state index in [1.54, 1.807) is 6.08 Å². The van der Waals surface area contributed by atoms with E-state index in [2.05, 4.69) is 10.1 Å². The molecule has 1 N–H and O–H groups in total. The number of nitrogens with zero attached hydrogens (tertiary/aromatic N) is 3. The fraction of sp³-hybridized carbons (Fsp3) is 0.217. The van der Waals surface area contributed by atoms with Crippen molar-refractivity contribution >= 4 is 39.8 Å². The molecular formula is C23H22N4O3S. The van der Waals surface area contributed by atoms with Crippen LogP contribution in [0.15, 0.2) is 64.2 Å². The zero-order chi connectivity index (χ0) is 21.8. The van der Waals surface area contributed by atoms with Gasteiger partial charge in [0, 0.05) is 5.56 Å². The number of hydrogen-bond acceptors (Lipinski definition) is 6. The van der Waals surface area contributed by atoms with Gasteiger partial charge in [0.05, 0.1) is 5.57 Å². The summed E-state index contributed by atoms with van der Waals surface area (Å²) >= 11 is 1.32. The summed E-state index contributed by atoms with van der Waals surface area (Å²) in [6.07, 6.45) is 2.36. The molecule has 0 aliphatic carbocycles. The number of aliphatic imine (C=N–C) groups is 1. The number of amidine groups is 2. The van der Waals surface area contributed by atoms with Gasteiger partial charge in [0.2, 0.25) is 5.17 Å². The van der Waals surface area contributed by atoms with Gasteiger partial charge in [-0.1, -0.05) is 43.3 Å². The van der Waals surface area contributed by atoms with Crippen molar-refractivity contribution in [2.24, 2.45) is 10.1 Å². The van der Waals surface area contributed by atoms with E-state index in [1.165, 1.54) is 16.8 Å². The molecule has 2 heterocycles. The zero-order valence-electron chi connectivity index (χ0n) is 17.3. The number of carbonyl (C=O) groups is 1. The highest BCUT2D eigenvalue weighted by atomic mass is 32.2. The Kier molecular flexibility index (Phi) is 6.18. The lowest BCUT2D eigenvalue weighted by Gasteiger charge is -2.20. The molecule has 0 fully saturated rings. The van der Waals surface area contributed by atoms with Gasteiger partial charge < -0.3 is 9.47 Å². The van der Waals surface area contributed by atoms with Gasteiger partial charge in [-0.25, -0.2) is 0 Å². The maximum Gasteiger partial charge on any atom is 0.283 e. The van der Waals surface area contributed by atoms with Crippen LogP contribution in [0.1, 0.15) is 24.5 Å². The summed E-state index contributed by atoms with van der Waals surface area (Å²) in [5, 5.41) is 15.5. The van der Waals surface area contributed by atoms with Crippen LogP contribution in [-0.4, -0.2) is 40.2 Å². The first kappa shape index (κ1) is 20.9. The summed E-state index contributed by atoms with van der Waals surface area (Å²) in [4.78, 5) is 16.7. The van der Waals surface area contributed by atoms with Crippen molar-refractivity contribution in [3.05, 3.63) is 65.2 Å². The van der Waals surface area contributed by atoms with Crippen LogP contribution in [0.2, 0.25) is 0 Å². The summed E-state index contributed by atoms with van der Waals surface area (Å²) < 4.78 is 11.7. The summed E-state index contributed by atoms with van der Waals surface area (Å²) in [5.41, 5.74) is 1.94. The van der Waals surface area contributed by atoms with Gasteiger partial charge in [-0.15, -0.1) is 0 Å². The van der Waals surface area contributed by atoms with Crippen LogP contribution in [0, 0.1) is 12.3 Å². The third-order valence-corrected chi connectivity index (χ3v) is 5.76. The highest BCUT2D eigenvalue weighted by Gasteiger charge is 2.35. The lowest BCUT2D eigenvalue weighted by Crippen LogP contribution is -2.35. The number of para-hydroxylation sites is 2. The number of carbonyl (C=O) groups excluding carboxylic acids is 1. The second-order valence-corrected chi connectivity index (χ2v) is 7.91. The molecule has 0 aromatic heterocycles. The lowest BCUT2D eigenvalue weighted by molar-refractivity contribution is -0.114. The molecule has 0 saturated carbocycles. The van der Waals surface area contributed by atoms with Crippen LogP contribution >= 0.6 is 11.8 Å². The molecule has 7 nitrogen and oxygen atoms in total. The average molecular weight is 435 g/mol. The minimum Gasteiger partial charge on any atom is -0.490 e. The Labute approximate surface area is 185 Å². The third-order valence-electron chi connectivity index (χ3n) is 4.71. The van der Waals surface area contributed by atoms with E-state index in [1.807, 2.05) is 62.4 Å². The molecule has 2 aromatic rings. The second kappa shape index (κ2) is 9.18. The maximum absolute atomic E-state index is 12.6. The first-order valence-corrected chi connectivity index (χ1v) is 10.8. The van der Waals surface area contributed by atoms with Crippen LogP contribution in [0.4, 0.5) is 0 Å². The van der Waals surface area contributed by atoms with E-state index in [-0.39, 0.29) is 11.4 Å². The molecule has 2 aliphatic rings. The number of nitrogens with one attached hydrogen (secondary N) is 1. The van der Waals surface area contributed by atoms with E-state index in [0.717, 1.165) is 22.8 Å². The van der Waals surface area contributed by atoms with Gasteiger partial charge in [-0.05, 0) is 48.9 Å². The normalized spacial score (nSPS) is 16.8. The highest BCUT2D eigenvalue weighted by molar-refractivity contribution is 8.26. The fourth-order valence-electron chi connectivity index (χ4n) is 3.08. The van der Waals surface area contributed by atoms with Crippen LogP contribution in [0.5, 0.6) is 11.5 Å². The Hall–Kier alpha value is -3.39. The highest BCUT2D eigenvalue weighted by Crippen LogP contribution is 2.30. The predicted molar refractivity (Wildman–Crippen MR) is 124 cm³/mol. The molecule has 8 heteroatoms. The van der Waals surface area contributed by atoms with Crippen molar-refractivity contribution in [1.82, 2.24) is 5.01 Å². The van der Waals surface area contributed by atoms with Gasteiger partial charge in [0.25, 0.3) is 5.91 Å². The lowest BCUT2D eigenvalue weighted by atomic mass is 10.1. The van der Waals surface area contributed by atoms with E-state index in [0.29, 0.717) is 29.7 Å². The van der Waals surface area contributed by atoms with Crippen molar-refractivity contribution in [1.29, 1.82) is 5.41 Å². The van der Waals surface area contributed by atoms with Crippen molar-refractivity contribution in [3.63, 3.8) is 0 Å². The molecule has 0 unspecified atom stereocenters. The van der Waals surface area contributed by atoms with Gasteiger partial charge in [-0.3, -0.25) is 10.2 Å². The number of hydrogen-bond donors (Lipinski definition) is 1. The number of benzene rings is 2. The molecule has 158 valence electrons. The van der Waals surface area contributed by atoms with Crippen LogP contribution in [0.25, 0.3) is 6.08 Å². The molecule has 31 heavy (non-hydrogen) atoms. The number of rotatable bonds is 7. The van der Waals surface area contributed by atoms with Crippen LogP contribution < -0.4 is 9.47 Å². The number of fused-ring (bicyclic) bond motifs is 1. The number of thioether (sulfide) groups is 1. The largest absolute Gasteiger partial charge is 0.490 e. The molecule has 0 atom stereocenters. The first-order valence-electron chi connectivity index (χ1n) is 9.96. The molecule has 0 radical (unpaired) electrons. The number of amides is 1. The quantitative estimate of drug-likeness (QED) is 0.513. The van der Waals surface area contributed by atoms with Crippen LogP contribution in [0.3, 0.4) is 0 Å². The monoisotopic (exact) mass is 434 g/mol. The molecule has 2 aliphatic heterocycles. The summed E-state index contributed by atoms with van der Waals surface area (Å²) in [6.45, 7) is 4.70. The Morgan fingerprint density at radius 2 is 1.74 bits per heavy atom. The topological polar surface area (TPSA) is 87.3 Å². The molecular weight excluding hydrogens is 412 g/mol. The first-order chi connectivity index (χ1) is 15.1. The molecule has 0 spiro atoms. The van der Waals surface area contributed by atoms with E-state index in [9.17, 15) is 4.79 Å². The summed E-state index contributed by atoms with van der Waals surface area (Å²) in [7, 11) is 0. The predicted octanol–water partition coefficient (Wildman–Crippen LogP) is 4.48. The molecule has 1 amide bonds. The molecule has 4 rings (SSSR count). The Bertz CT molecular complexity index is 1120. The van der Waals surface area contributed by atoms with Gasteiger partial charge in [0.1, 0.15) is 29.8 Å². The van der Waals surface area contributed by atoms with E-state index >= 15 is 0 Å². The third kappa shape index (κ3) is 4.54. The second-order valence-electron chi connectivity index (χ2n) is 6.87. The van der Waals surface area contributed by atoms with E-state index < -0.39 is 5.91 Å². The van der Waals surface area contributed by atoms with Gasteiger partial charge >= 0.3 is 0 Å². The van der Waals surface area contributed by atoms with Crippen molar-refractivity contribution in [2.45, 2.75) is 20.3 Å². The average Bonchev–Trinajstić information content (AvgIpc) is 3.19. The number of hydrazone groups is 1. The molecule has 0 saturated heterocycles. The van der Waals surface area contributed by atoms with Gasteiger partial charge in [-0.2, -0.15) is 15.1 Å². The van der Waals surface area contributed by atoms with E-state index in [4.69, 9.17) is 14.9 Å². The number of ether oxygens (including phenoxy) is 2. The molecule has 2 aromatic carbocycles. The maximum atomic E-state index is 12.6. The van der Waals surface area contributed by atoms with Crippen LogP contribution in [-0.2, 0) is 4.79 Å². The zero-order valence-corrected chi connectivity index (χ0v) is 18.1. The summed E-state index contributed by atoms with van der Waals surface area (Å²) in [6, 6.07) is 15.2. The summed E-state index contributed by atoms with van der Waals surface area (Å²) in [5.74, 6) is 0.997. The minimum atomic E-state index is -0.450. The van der Waals surface area contributed by atoms with Crippen molar-refractivity contribution in [2.75, 3.05) is 13.2 Å². The fourth-order valence-corrected chi connectivity index (χ4v) is 3.91. The van der Waals surface area contributed by atoms with Crippen molar-refractivity contribution < 1.29 is 14.3 Å². The SMILES string of the molecule is CCC1=NN2C(=N)/C(=C/c3ccccc3OCCOc3ccccc3C)C(=O)N=C2S1. The Balaban J connectivity index is 1.48. The Morgan fingerprint density at radius 3 is 2.48 bits per heavy atom. The number of aryl methyl sites for hydroxylation is 1. The standard InChI is InChI=1S/C23H22N4O3S/c1-3-20-26-27-21(24)17(22(28)25-23(27)31-20)14-16-9-5-7-11-19(16)30-13-12-29-18-10-6-4-8-15(18)2/h4-11,14,24H,3,12-13H2,1-2H3/b17-14-,24-21?. The van der Waals surface area contributed by atoms with Gasteiger partial charge in [0.15, 0.2) is 5.84 Å².